The number of ketones is 1. The number of nitrogens with zero attached hydrogens (tertiary/aromatic N) is 2. The molecule has 1 aromatic heterocycles. The minimum absolute atomic E-state index is 0.305. The van der Waals surface area contributed by atoms with E-state index in [9.17, 15) is 4.79 Å². The fraction of sp³-hybridized carbons (Fsp3) is 0.706. The maximum absolute atomic E-state index is 12.6. The van der Waals surface area contributed by atoms with E-state index in [1.54, 1.807) is 0 Å². The van der Waals surface area contributed by atoms with E-state index in [4.69, 9.17) is 0 Å². The van der Waals surface area contributed by atoms with E-state index in [-0.39, 0.29) is 0 Å². The number of piperidine rings is 1. The number of hydrogen-bond acceptors (Lipinski definition) is 2. The fourth-order valence-electron chi connectivity index (χ4n) is 3.67. The smallest absolute Gasteiger partial charge is 0.178 e. The van der Waals surface area contributed by atoms with Crippen molar-refractivity contribution in [2.75, 3.05) is 19.6 Å². The number of carbonyl (C=O) groups is 1. The molecule has 0 N–H and O–H groups in total. The molecule has 1 aliphatic carbocycles. The summed E-state index contributed by atoms with van der Waals surface area (Å²) < 4.78 is 2.37. The second kappa shape index (κ2) is 5.36. The van der Waals surface area contributed by atoms with Gasteiger partial charge in [0.2, 0.25) is 0 Å². The summed E-state index contributed by atoms with van der Waals surface area (Å²) in [6.45, 7) is 9.28. The molecule has 3 rings (SSSR count). The third-order valence-electron chi connectivity index (χ3n) is 4.81. The second-order valence-corrected chi connectivity index (χ2v) is 6.79. The van der Waals surface area contributed by atoms with Crippen LogP contribution < -0.4 is 0 Å². The van der Waals surface area contributed by atoms with Crippen molar-refractivity contribution >= 4 is 5.78 Å². The summed E-state index contributed by atoms with van der Waals surface area (Å²) in [5, 5.41) is 0. The highest BCUT2D eigenvalue weighted by Gasteiger charge is 2.29. The van der Waals surface area contributed by atoms with Crippen molar-refractivity contribution in [3.8, 4) is 0 Å². The molecular weight excluding hydrogens is 248 g/mol. The van der Waals surface area contributed by atoms with Crippen LogP contribution in [0.25, 0.3) is 0 Å². The van der Waals surface area contributed by atoms with Crippen LogP contribution in [-0.4, -0.2) is 34.9 Å². The zero-order chi connectivity index (χ0) is 14.3. The van der Waals surface area contributed by atoms with Crippen molar-refractivity contribution in [1.29, 1.82) is 0 Å². The molecule has 3 nitrogen and oxygen atoms in total. The first-order chi connectivity index (χ1) is 9.56. The lowest BCUT2D eigenvalue weighted by molar-refractivity contribution is 0.0892. The standard InChI is InChI=1S/C17H26N2O/c1-12-5-4-8-18(10-12)11-17(20)16-9-13(2)19(14(16)3)15-6-7-15/h9,12,15H,4-8,10-11H2,1-3H3. The Morgan fingerprint density at radius 1 is 1.30 bits per heavy atom. The first-order valence-electron chi connectivity index (χ1n) is 8.00. The van der Waals surface area contributed by atoms with Crippen molar-refractivity contribution in [3.05, 3.63) is 23.0 Å². The summed E-state index contributed by atoms with van der Waals surface area (Å²) in [7, 11) is 0. The lowest BCUT2D eigenvalue weighted by Gasteiger charge is -2.30. The SMILES string of the molecule is Cc1cc(C(=O)CN2CCCC(C)C2)c(C)n1C1CC1. The third kappa shape index (κ3) is 2.69. The van der Waals surface area contributed by atoms with Crippen molar-refractivity contribution < 1.29 is 4.79 Å². The van der Waals surface area contributed by atoms with Crippen molar-refractivity contribution in [1.82, 2.24) is 9.47 Å². The zero-order valence-electron chi connectivity index (χ0n) is 13.0. The molecule has 1 atom stereocenters. The maximum atomic E-state index is 12.6. The number of Topliss-reactive ketones (excluding diaryl/α,β-unsaturated/α-hetero) is 1. The summed E-state index contributed by atoms with van der Waals surface area (Å²) in [6, 6.07) is 2.76. The molecule has 2 heterocycles. The van der Waals surface area contributed by atoms with Crippen molar-refractivity contribution in [2.45, 2.75) is 52.5 Å². The Labute approximate surface area is 122 Å². The molecule has 0 bridgehead atoms. The number of aromatic nitrogens is 1. The molecule has 1 unspecified atom stereocenters. The average Bonchev–Trinajstić information content (AvgIpc) is 3.16. The third-order valence-corrected chi connectivity index (χ3v) is 4.81. The Balaban J connectivity index is 1.72. The Hall–Kier alpha value is -1.09. The first-order valence-corrected chi connectivity index (χ1v) is 8.00. The molecule has 1 saturated carbocycles. The van der Waals surface area contributed by atoms with Crippen LogP contribution in [0.5, 0.6) is 0 Å². The Morgan fingerprint density at radius 3 is 2.70 bits per heavy atom. The van der Waals surface area contributed by atoms with Gasteiger partial charge in [-0.2, -0.15) is 0 Å². The molecular formula is C17H26N2O. The van der Waals surface area contributed by atoms with Gasteiger partial charge in [-0.25, -0.2) is 0 Å². The van der Waals surface area contributed by atoms with Gasteiger partial charge in [0.25, 0.3) is 0 Å². The Morgan fingerprint density at radius 2 is 2.05 bits per heavy atom. The second-order valence-electron chi connectivity index (χ2n) is 6.79. The van der Waals surface area contributed by atoms with Crippen LogP contribution in [0, 0.1) is 19.8 Å². The first kappa shape index (κ1) is 13.9. The highest BCUT2D eigenvalue weighted by atomic mass is 16.1. The summed E-state index contributed by atoms with van der Waals surface area (Å²) in [4.78, 5) is 14.9. The van der Waals surface area contributed by atoms with E-state index in [2.05, 4.69) is 36.3 Å². The predicted molar refractivity (Wildman–Crippen MR) is 81.3 cm³/mol. The molecule has 1 aliphatic heterocycles. The molecule has 110 valence electrons. The van der Waals surface area contributed by atoms with Crippen LogP contribution >= 0.6 is 0 Å². The molecule has 2 aliphatic rings. The van der Waals surface area contributed by atoms with Crippen LogP contribution in [0.1, 0.15) is 60.4 Å². The summed E-state index contributed by atoms with van der Waals surface area (Å²) >= 11 is 0. The summed E-state index contributed by atoms with van der Waals surface area (Å²) in [6.07, 6.45) is 5.08. The Kier molecular flexibility index (Phi) is 3.72. The number of rotatable bonds is 4. The van der Waals surface area contributed by atoms with Crippen molar-refractivity contribution in [3.63, 3.8) is 0 Å². The van der Waals surface area contributed by atoms with Crippen molar-refractivity contribution in [2.24, 2.45) is 5.92 Å². The molecule has 1 aromatic rings. The molecule has 2 fully saturated rings. The van der Waals surface area contributed by atoms with E-state index in [0.717, 1.165) is 24.6 Å². The molecule has 0 amide bonds. The average molecular weight is 274 g/mol. The van der Waals surface area contributed by atoms with E-state index >= 15 is 0 Å². The van der Waals surface area contributed by atoms with Gasteiger partial charge in [0.1, 0.15) is 0 Å². The van der Waals surface area contributed by atoms with Crippen LogP contribution in [0.3, 0.4) is 0 Å². The summed E-state index contributed by atoms with van der Waals surface area (Å²) in [5.41, 5.74) is 3.38. The number of likely N-dealkylation sites (tertiary alicyclic amines) is 1. The lowest BCUT2D eigenvalue weighted by atomic mass is 9.99. The van der Waals surface area contributed by atoms with Gasteiger partial charge < -0.3 is 4.57 Å². The van der Waals surface area contributed by atoms with Gasteiger partial charge in [-0.15, -0.1) is 0 Å². The Bertz CT molecular complexity index is 513. The van der Waals surface area contributed by atoms with Crippen LogP contribution in [0.2, 0.25) is 0 Å². The van der Waals surface area contributed by atoms with Gasteiger partial charge in [-0.1, -0.05) is 6.92 Å². The van der Waals surface area contributed by atoms with Gasteiger partial charge in [0, 0.05) is 29.5 Å². The van der Waals surface area contributed by atoms with Gasteiger partial charge >= 0.3 is 0 Å². The van der Waals surface area contributed by atoms with E-state index in [1.807, 2.05) is 0 Å². The zero-order valence-corrected chi connectivity index (χ0v) is 13.0. The molecule has 0 aromatic carbocycles. The highest BCUT2D eigenvalue weighted by molar-refractivity contribution is 5.99. The highest BCUT2D eigenvalue weighted by Crippen LogP contribution is 2.38. The largest absolute Gasteiger partial charge is 0.345 e. The van der Waals surface area contributed by atoms with Crippen LogP contribution in [-0.2, 0) is 0 Å². The molecule has 0 spiro atoms. The van der Waals surface area contributed by atoms with Gasteiger partial charge in [0.05, 0.1) is 6.54 Å². The number of hydrogen-bond donors (Lipinski definition) is 0. The molecule has 20 heavy (non-hydrogen) atoms. The number of aryl methyl sites for hydroxylation is 1. The minimum atomic E-state index is 0.305. The monoisotopic (exact) mass is 274 g/mol. The normalized spacial score (nSPS) is 24.1. The fourth-order valence-corrected chi connectivity index (χ4v) is 3.67. The topological polar surface area (TPSA) is 25.2 Å². The van der Waals surface area contributed by atoms with E-state index in [0.29, 0.717) is 18.4 Å². The van der Waals surface area contributed by atoms with Gasteiger partial charge in [-0.05, 0) is 58.1 Å². The van der Waals surface area contributed by atoms with Crippen LogP contribution in [0.4, 0.5) is 0 Å². The predicted octanol–water partition coefficient (Wildman–Crippen LogP) is 3.35. The van der Waals surface area contributed by atoms with Gasteiger partial charge in [0.15, 0.2) is 5.78 Å². The quantitative estimate of drug-likeness (QED) is 0.787. The summed E-state index contributed by atoms with van der Waals surface area (Å²) in [5.74, 6) is 1.04. The van der Waals surface area contributed by atoms with Crippen LogP contribution in [0.15, 0.2) is 6.07 Å². The van der Waals surface area contributed by atoms with E-state index < -0.39 is 0 Å². The molecule has 3 heteroatoms. The van der Waals surface area contributed by atoms with Gasteiger partial charge in [-0.3, -0.25) is 9.69 Å². The molecule has 0 radical (unpaired) electrons. The maximum Gasteiger partial charge on any atom is 0.178 e. The van der Waals surface area contributed by atoms with E-state index in [1.165, 1.54) is 37.1 Å². The minimum Gasteiger partial charge on any atom is -0.345 e. The number of carbonyl (C=O) groups excluding carboxylic acids is 1. The lowest BCUT2D eigenvalue weighted by Crippen LogP contribution is -2.38. The molecule has 1 saturated heterocycles.